The van der Waals surface area contributed by atoms with Gasteiger partial charge in [0.25, 0.3) is 0 Å². The Morgan fingerprint density at radius 2 is 2.21 bits per heavy atom. The molecule has 3 rings (SSSR count). The number of hydrogen-bond donors (Lipinski definition) is 1. The fourth-order valence-electron chi connectivity index (χ4n) is 3.72. The van der Waals surface area contributed by atoms with Crippen LogP contribution in [-0.2, 0) is 16.6 Å². The molecule has 7 heteroatoms. The van der Waals surface area contributed by atoms with Gasteiger partial charge in [0, 0.05) is 39.1 Å². The molecule has 0 spiro atoms. The van der Waals surface area contributed by atoms with Gasteiger partial charge in [0.2, 0.25) is 5.91 Å². The van der Waals surface area contributed by atoms with E-state index in [0.717, 1.165) is 25.3 Å². The molecule has 2 heterocycles. The minimum atomic E-state index is -0.0105. The first-order valence-corrected chi connectivity index (χ1v) is 8.76. The first kappa shape index (κ1) is 19.2. The van der Waals surface area contributed by atoms with Crippen molar-refractivity contribution in [1.29, 1.82) is 0 Å². The van der Waals surface area contributed by atoms with E-state index in [9.17, 15) is 4.79 Å². The summed E-state index contributed by atoms with van der Waals surface area (Å²) in [5.74, 6) is 1.57. The second kappa shape index (κ2) is 8.83. The zero-order chi connectivity index (χ0) is 16.2. The highest BCUT2D eigenvalue weighted by atomic mass is 35.5. The summed E-state index contributed by atoms with van der Waals surface area (Å²) in [5, 5.41) is 3.36. The van der Waals surface area contributed by atoms with Crippen LogP contribution in [-0.4, -0.2) is 52.7 Å². The third kappa shape index (κ3) is 4.29. The third-order valence-electron chi connectivity index (χ3n) is 5.17. The fourth-order valence-corrected chi connectivity index (χ4v) is 3.72. The zero-order valence-corrected chi connectivity index (χ0v) is 15.4. The molecule has 1 saturated carbocycles. The maximum Gasteiger partial charge on any atom is 0.249 e. The van der Waals surface area contributed by atoms with E-state index in [1.807, 2.05) is 22.7 Å². The monoisotopic (exact) mass is 356 g/mol. The van der Waals surface area contributed by atoms with Gasteiger partial charge in [0.15, 0.2) is 0 Å². The molecule has 1 aromatic rings. The lowest BCUT2D eigenvalue weighted by atomic mass is 9.88. The molecule has 0 radical (unpaired) electrons. The summed E-state index contributed by atoms with van der Waals surface area (Å²) in [6, 6.07) is -0.0105. The fraction of sp³-hybridized carbons (Fsp3) is 0.765. The number of aromatic nitrogens is 2. The first-order valence-electron chi connectivity index (χ1n) is 8.76. The van der Waals surface area contributed by atoms with Gasteiger partial charge in [0.05, 0.1) is 6.10 Å². The van der Waals surface area contributed by atoms with E-state index in [4.69, 9.17) is 4.74 Å². The predicted octanol–water partition coefficient (Wildman–Crippen LogP) is 1.91. The molecular weight excluding hydrogens is 328 g/mol. The number of aryl methyl sites for hydroxylation is 1. The Labute approximate surface area is 150 Å². The van der Waals surface area contributed by atoms with Crippen molar-refractivity contribution >= 4 is 18.3 Å². The normalized spacial score (nSPS) is 27.6. The lowest BCUT2D eigenvalue weighted by Crippen LogP contribution is -2.50. The third-order valence-corrected chi connectivity index (χ3v) is 5.17. The average molecular weight is 357 g/mol. The van der Waals surface area contributed by atoms with E-state index in [1.165, 1.54) is 19.3 Å². The largest absolute Gasteiger partial charge is 0.368 e. The lowest BCUT2D eigenvalue weighted by molar-refractivity contribution is -0.143. The highest BCUT2D eigenvalue weighted by Crippen LogP contribution is 2.27. The van der Waals surface area contributed by atoms with E-state index in [-0.39, 0.29) is 37.1 Å². The smallest absolute Gasteiger partial charge is 0.249 e. The van der Waals surface area contributed by atoms with Crippen LogP contribution in [0.1, 0.15) is 44.5 Å². The maximum absolute atomic E-state index is 12.7. The Morgan fingerprint density at radius 3 is 2.92 bits per heavy atom. The molecule has 6 nitrogen and oxygen atoms in total. The van der Waals surface area contributed by atoms with Gasteiger partial charge >= 0.3 is 0 Å². The lowest BCUT2D eigenvalue weighted by Gasteiger charge is -2.36. The van der Waals surface area contributed by atoms with Crippen molar-refractivity contribution in [3.8, 4) is 0 Å². The van der Waals surface area contributed by atoms with Gasteiger partial charge in [-0.1, -0.05) is 19.8 Å². The summed E-state index contributed by atoms with van der Waals surface area (Å²) in [6.45, 7) is 4.70. The Morgan fingerprint density at radius 1 is 1.42 bits per heavy atom. The van der Waals surface area contributed by atoms with Gasteiger partial charge in [-0.15, -0.1) is 12.4 Å². The van der Waals surface area contributed by atoms with Crippen LogP contribution >= 0.6 is 12.4 Å². The molecule has 1 saturated heterocycles. The minimum Gasteiger partial charge on any atom is -0.368 e. The van der Waals surface area contributed by atoms with Gasteiger partial charge < -0.3 is 19.5 Å². The second-order valence-electron chi connectivity index (χ2n) is 6.81. The summed E-state index contributed by atoms with van der Waals surface area (Å²) < 4.78 is 7.96. The van der Waals surface area contributed by atoms with E-state index < -0.39 is 0 Å². The number of halogens is 1. The summed E-state index contributed by atoms with van der Waals surface area (Å²) in [5.41, 5.74) is 0. The molecule has 1 aliphatic carbocycles. The van der Waals surface area contributed by atoms with Crippen LogP contribution < -0.4 is 5.32 Å². The molecule has 3 atom stereocenters. The van der Waals surface area contributed by atoms with E-state index in [2.05, 4.69) is 17.2 Å². The summed E-state index contributed by atoms with van der Waals surface area (Å²) in [4.78, 5) is 19.0. The van der Waals surface area contributed by atoms with Gasteiger partial charge in [-0.3, -0.25) is 4.79 Å². The number of amides is 1. The van der Waals surface area contributed by atoms with Crippen molar-refractivity contribution in [1.82, 2.24) is 19.8 Å². The summed E-state index contributed by atoms with van der Waals surface area (Å²) in [7, 11) is 1.97. The molecule has 0 aromatic carbocycles. The number of imidazole rings is 1. The van der Waals surface area contributed by atoms with Crippen molar-refractivity contribution < 1.29 is 9.53 Å². The topological polar surface area (TPSA) is 59.4 Å². The molecule has 2 aliphatic rings. The number of carbonyl (C=O) groups excluding carboxylic acids is 1. The molecule has 1 N–H and O–H groups in total. The Hall–Kier alpha value is -1.11. The highest BCUT2D eigenvalue weighted by Gasteiger charge is 2.31. The minimum absolute atomic E-state index is 0. The molecule has 136 valence electrons. The van der Waals surface area contributed by atoms with Gasteiger partial charge in [0.1, 0.15) is 18.5 Å². The first-order chi connectivity index (χ1) is 11.2. The number of nitrogens with one attached hydrogen (secondary N) is 1. The predicted molar refractivity (Wildman–Crippen MR) is 95.2 cm³/mol. The van der Waals surface area contributed by atoms with Crippen LogP contribution in [0.4, 0.5) is 0 Å². The molecule has 2 fully saturated rings. The van der Waals surface area contributed by atoms with Gasteiger partial charge in [-0.25, -0.2) is 4.98 Å². The molecule has 1 aromatic heterocycles. The van der Waals surface area contributed by atoms with Crippen molar-refractivity contribution in [3.05, 3.63) is 18.2 Å². The molecule has 1 amide bonds. The number of piperazine rings is 1. The van der Waals surface area contributed by atoms with Gasteiger partial charge in [-0.2, -0.15) is 0 Å². The van der Waals surface area contributed by atoms with Gasteiger partial charge in [-0.05, 0) is 18.8 Å². The number of carbonyl (C=O) groups is 1. The molecular formula is C17H29ClN4O2. The standard InChI is InChI=1S/C17H28N4O2.ClH/c1-13-5-3-4-6-15(13)23-12-16(22)21-10-7-18-11-14(21)17-19-8-9-20(17)2;/h8-9,13-15,18H,3-7,10-12H2,1-2H3;1H. The van der Waals surface area contributed by atoms with Crippen LogP contribution in [0.15, 0.2) is 12.4 Å². The average Bonchev–Trinajstić information content (AvgIpc) is 3.00. The molecule has 24 heavy (non-hydrogen) atoms. The molecule has 0 bridgehead atoms. The zero-order valence-electron chi connectivity index (χ0n) is 14.6. The van der Waals surface area contributed by atoms with Crippen LogP contribution in [0, 0.1) is 5.92 Å². The van der Waals surface area contributed by atoms with Crippen molar-refractivity contribution in [3.63, 3.8) is 0 Å². The second-order valence-corrected chi connectivity index (χ2v) is 6.81. The van der Waals surface area contributed by atoms with E-state index in [1.54, 1.807) is 6.20 Å². The quantitative estimate of drug-likeness (QED) is 0.895. The van der Waals surface area contributed by atoms with Crippen LogP contribution in [0.25, 0.3) is 0 Å². The maximum atomic E-state index is 12.7. The number of hydrogen-bond acceptors (Lipinski definition) is 4. The SMILES string of the molecule is CC1CCCCC1OCC(=O)N1CCNCC1c1nccn1C.Cl. The number of rotatable bonds is 4. The summed E-state index contributed by atoms with van der Waals surface area (Å²) >= 11 is 0. The molecule has 3 unspecified atom stereocenters. The van der Waals surface area contributed by atoms with Crippen molar-refractivity contribution in [2.45, 2.75) is 44.8 Å². The highest BCUT2D eigenvalue weighted by molar-refractivity contribution is 5.85. The van der Waals surface area contributed by atoms with Crippen LogP contribution in [0.5, 0.6) is 0 Å². The van der Waals surface area contributed by atoms with Crippen LogP contribution in [0.2, 0.25) is 0 Å². The Balaban J connectivity index is 0.00000208. The van der Waals surface area contributed by atoms with E-state index >= 15 is 0 Å². The summed E-state index contributed by atoms with van der Waals surface area (Å²) in [6.07, 6.45) is 8.74. The van der Waals surface area contributed by atoms with E-state index in [0.29, 0.717) is 12.5 Å². The van der Waals surface area contributed by atoms with Crippen molar-refractivity contribution in [2.75, 3.05) is 26.2 Å². The van der Waals surface area contributed by atoms with Crippen LogP contribution in [0.3, 0.4) is 0 Å². The Bertz CT molecular complexity index is 536. The van der Waals surface area contributed by atoms with Crippen molar-refractivity contribution in [2.24, 2.45) is 13.0 Å². The molecule has 1 aliphatic heterocycles. The Kier molecular flexibility index (Phi) is 7.07. The number of nitrogens with zero attached hydrogens (tertiary/aromatic N) is 3. The number of ether oxygens (including phenoxy) is 1.